The molecule has 1 aliphatic rings. The van der Waals surface area contributed by atoms with E-state index in [9.17, 15) is 4.79 Å². The molecule has 0 aliphatic heterocycles. The van der Waals surface area contributed by atoms with Gasteiger partial charge in [-0.25, -0.2) is 0 Å². The van der Waals surface area contributed by atoms with Crippen molar-refractivity contribution in [1.82, 2.24) is 5.32 Å². The van der Waals surface area contributed by atoms with Gasteiger partial charge in [-0.2, -0.15) is 0 Å². The highest BCUT2D eigenvalue weighted by Crippen LogP contribution is 2.30. The second-order valence-corrected chi connectivity index (χ2v) is 5.38. The number of hydrogen-bond donors (Lipinski definition) is 2. The van der Waals surface area contributed by atoms with Crippen LogP contribution in [0.15, 0.2) is 24.3 Å². The van der Waals surface area contributed by atoms with Crippen molar-refractivity contribution >= 4 is 5.91 Å². The summed E-state index contributed by atoms with van der Waals surface area (Å²) in [6, 6.07) is 8.06. The summed E-state index contributed by atoms with van der Waals surface area (Å²) in [5, 5.41) is 3.51. The minimum Gasteiger partial charge on any atom is -0.366 e. The zero-order valence-corrected chi connectivity index (χ0v) is 11.0. The topological polar surface area (TPSA) is 55.1 Å². The van der Waals surface area contributed by atoms with Crippen molar-refractivity contribution < 1.29 is 4.79 Å². The summed E-state index contributed by atoms with van der Waals surface area (Å²) < 4.78 is 0. The fourth-order valence-electron chi connectivity index (χ4n) is 2.44. The normalized spacial score (nSPS) is 17.2. The zero-order valence-electron chi connectivity index (χ0n) is 11.0. The molecule has 1 amide bonds. The van der Waals surface area contributed by atoms with Gasteiger partial charge < -0.3 is 11.1 Å². The number of nitrogens with two attached hydrogens (primary N) is 1. The summed E-state index contributed by atoms with van der Waals surface area (Å²) in [5.74, 6) is 0.559. The molecule has 3 heteroatoms. The number of benzene rings is 1. The van der Waals surface area contributed by atoms with Gasteiger partial charge in [0.05, 0.1) is 0 Å². The number of nitrogens with one attached hydrogen (secondary N) is 1. The average molecular weight is 246 g/mol. The Hall–Kier alpha value is -1.35. The lowest BCUT2D eigenvalue weighted by molar-refractivity contribution is 0.1000. The van der Waals surface area contributed by atoms with E-state index in [1.54, 1.807) is 6.07 Å². The van der Waals surface area contributed by atoms with Crippen LogP contribution < -0.4 is 11.1 Å². The largest absolute Gasteiger partial charge is 0.366 e. The van der Waals surface area contributed by atoms with Crippen molar-refractivity contribution in [2.75, 3.05) is 0 Å². The first kappa shape index (κ1) is 13.1. The summed E-state index contributed by atoms with van der Waals surface area (Å²) >= 11 is 0. The van der Waals surface area contributed by atoms with Gasteiger partial charge in [-0.15, -0.1) is 0 Å². The molecule has 0 heterocycles. The van der Waals surface area contributed by atoms with Crippen LogP contribution in [0.1, 0.15) is 48.5 Å². The van der Waals surface area contributed by atoms with Crippen LogP contribution >= 0.6 is 0 Å². The summed E-state index contributed by atoms with van der Waals surface area (Å²) in [7, 11) is 0. The van der Waals surface area contributed by atoms with E-state index < -0.39 is 0 Å². The van der Waals surface area contributed by atoms with E-state index in [0.717, 1.165) is 18.0 Å². The Morgan fingerprint density at radius 3 is 2.89 bits per heavy atom. The maximum absolute atomic E-state index is 11.1. The van der Waals surface area contributed by atoms with Crippen LogP contribution in [0.25, 0.3) is 0 Å². The lowest BCUT2D eigenvalue weighted by Gasteiger charge is -2.28. The van der Waals surface area contributed by atoms with E-state index in [0.29, 0.717) is 11.6 Å². The third-order valence-electron chi connectivity index (χ3n) is 3.78. The highest BCUT2D eigenvalue weighted by molar-refractivity contribution is 5.92. The maximum atomic E-state index is 11.1. The molecule has 0 spiro atoms. The van der Waals surface area contributed by atoms with Gasteiger partial charge in [0.2, 0.25) is 5.91 Å². The predicted molar refractivity (Wildman–Crippen MR) is 73.2 cm³/mol. The molecular formula is C15H22N2O. The average Bonchev–Trinajstić information content (AvgIpc) is 2.31. The van der Waals surface area contributed by atoms with E-state index >= 15 is 0 Å². The number of carbonyl (C=O) groups is 1. The highest BCUT2D eigenvalue weighted by atomic mass is 16.1. The molecule has 0 bridgehead atoms. The molecule has 1 fully saturated rings. The van der Waals surface area contributed by atoms with Gasteiger partial charge in [0.25, 0.3) is 0 Å². The van der Waals surface area contributed by atoms with Crippen molar-refractivity contribution in [3.63, 3.8) is 0 Å². The van der Waals surface area contributed by atoms with Crippen LogP contribution in [-0.2, 0) is 6.54 Å². The Labute approximate surface area is 109 Å². The molecule has 1 aromatic carbocycles. The summed E-state index contributed by atoms with van der Waals surface area (Å²) in [5.41, 5.74) is 6.97. The molecule has 3 nitrogen and oxygen atoms in total. The third-order valence-corrected chi connectivity index (χ3v) is 3.78. The van der Waals surface area contributed by atoms with Crippen molar-refractivity contribution in [2.45, 2.75) is 45.2 Å². The van der Waals surface area contributed by atoms with E-state index in [1.807, 2.05) is 18.2 Å². The molecule has 0 radical (unpaired) electrons. The predicted octanol–water partition coefficient (Wildman–Crippen LogP) is 2.45. The summed E-state index contributed by atoms with van der Waals surface area (Å²) in [6.45, 7) is 3.03. The zero-order chi connectivity index (χ0) is 13.0. The second-order valence-electron chi connectivity index (χ2n) is 5.38. The minimum atomic E-state index is -0.362. The molecule has 0 aromatic heterocycles. The number of primary amides is 1. The molecule has 1 atom stereocenters. The van der Waals surface area contributed by atoms with Gasteiger partial charge in [-0.05, 0) is 37.0 Å². The standard InChI is InChI=1S/C15H22N2O/c1-11(8-12-4-2-5-12)17-10-13-6-3-7-14(9-13)15(16)18/h3,6-7,9,11-12,17H,2,4-5,8,10H2,1H3,(H2,16,18). The molecule has 1 aliphatic carbocycles. The Balaban J connectivity index is 1.81. The van der Waals surface area contributed by atoms with E-state index in [2.05, 4.69) is 12.2 Å². The van der Waals surface area contributed by atoms with Gasteiger partial charge in [-0.1, -0.05) is 31.4 Å². The second kappa shape index (κ2) is 6.01. The van der Waals surface area contributed by atoms with Crippen molar-refractivity contribution in [3.05, 3.63) is 35.4 Å². The molecule has 1 aromatic rings. The number of hydrogen-bond acceptors (Lipinski definition) is 2. The minimum absolute atomic E-state index is 0.362. The van der Waals surface area contributed by atoms with Gasteiger partial charge in [0.1, 0.15) is 0 Å². The van der Waals surface area contributed by atoms with Crippen LogP contribution in [0.4, 0.5) is 0 Å². The smallest absolute Gasteiger partial charge is 0.248 e. The maximum Gasteiger partial charge on any atom is 0.248 e. The molecule has 18 heavy (non-hydrogen) atoms. The van der Waals surface area contributed by atoms with Crippen LogP contribution in [0, 0.1) is 5.92 Å². The van der Waals surface area contributed by atoms with Crippen LogP contribution in [-0.4, -0.2) is 11.9 Å². The molecule has 98 valence electrons. The van der Waals surface area contributed by atoms with Gasteiger partial charge in [-0.3, -0.25) is 4.79 Å². The van der Waals surface area contributed by atoms with E-state index in [1.165, 1.54) is 25.7 Å². The van der Waals surface area contributed by atoms with E-state index in [4.69, 9.17) is 5.73 Å². The fourth-order valence-corrected chi connectivity index (χ4v) is 2.44. The lowest BCUT2D eigenvalue weighted by Crippen LogP contribution is -2.29. The highest BCUT2D eigenvalue weighted by Gasteiger charge is 2.19. The van der Waals surface area contributed by atoms with Crippen molar-refractivity contribution in [2.24, 2.45) is 11.7 Å². The Bertz CT molecular complexity index is 413. The third kappa shape index (κ3) is 3.57. The van der Waals surface area contributed by atoms with Crippen molar-refractivity contribution in [3.8, 4) is 0 Å². The Kier molecular flexibility index (Phi) is 4.37. The van der Waals surface area contributed by atoms with Crippen molar-refractivity contribution in [1.29, 1.82) is 0 Å². The Morgan fingerprint density at radius 2 is 2.28 bits per heavy atom. The van der Waals surface area contributed by atoms with Gasteiger partial charge in [0, 0.05) is 18.2 Å². The summed E-state index contributed by atoms with van der Waals surface area (Å²) in [6.07, 6.45) is 5.44. The Morgan fingerprint density at radius 1 is 1.50 bits per heavy atom. The molecule has 0 saturated heterocycles. The fraction of sp³-hybridized carbons (Fsp3) is 0.533. The number of amides is 1. The molecule has 2 rings (SSSR count). The molecular weight excluding hydrogens is 224 g/mol. The number of carbonyl (C=O) groups excluding carboxylic acids is 1. The first-order valence-corrected chi connectivity index (χ1v) is 6.77. The first-order chi connectivity index (χ1) is 8.65. The quantitative estimate of drug-likeness (QED) is 0.810. The monoisotopic (exact) mass is 246 g/mol. The summed E-state index contributed by atoms with van der Waals surface area (Å²) in [4.78, 5) is 11.1. The van der Waals surface area contributed by atoms with Crippen LogP contribution in [0.5, 0.6) is 0 Å². The van der Waals surface area contributed by atoms with Gasteiger partial charge >= 0.3 is 0 Å². The van der Waals surface area contributed by atoms with Crippen LogP contribution in [0.2, 0.25) is 0 Å². The number of rotatable bonds is 6. The van der Waals surface area contributed by atoms with Gasteiger partial charge in [0.15, 0.2) is 0 Å². The van der Waals surface area contributed by atoms with E-state index in [-0.39, 0.29) is 5.91 Å². The molecule has 1 saturated carbocycles. The molecule has 3 N–H and O–H groups in total. The van der Waals surface area contributed by atoms with Crippen LogP contribution in [0.3, 0.4) is 0 Å². The lowest BCUT2D eigenvalue weighted by atomic mass is 9.81. The molecule has 1 unspecified atom stereocenters. The first-order valence-electron chi connectivity index (χ1n) is 6.77. The SMILES string of the molecule is CC(CC1CCC1)NCc1cccc(C(N)=O)c1.